The maximum Gasteiger partial charge on any atom is 0.256 e. The lowest BCUT2D eigenvalue weighted by Crippen LogP contribution is -2.30. The van der Waals surface area contributed by atoms with Crippen LogP contribution in [-0.4, -0.2) is 29.4 Å². The van der Waals surface area contributed by atoms with Gasteiger partial charge in [0.05, 0.1) is 20.6 Å². The SMILES string of the molecule is CN(CCC(N)=S)C(=O)c1c(Cl)cccc1Cl. The first-order valence-electron chi connectivity index (χ1n) is 4.91. The molecule has 0 spiro atoms. The third-order valence-electron chi connectivity index (χ3n) is 2.22. The normalized spacial score (nSPS) is 10.1. The van der Waals surface area contributed by atoms with Gasteiger partial charge in [-0.1, -0.05) is 41.5 Å². The number of amides is 1. The van der Waals surface area contributed by atoms with Crippen molar-refractivity contribution in [1.82, 2.24) is 4.90 Å². The van der Waals surface area contributed by atoms with Gasteiger partial charge in [0.15, 0.2) is 0 Å². The van der Waals surface area contributed by atoms with E-state index in [-0.39, 0.29) is 5.91 Å². The van der Waals surface area contributed by atoms with Crippen molar-refractivity contribution in [2.24, 2.45) is 5.73 Å². The highest BCUT2D eigenvalue weighted by Crippen LogP contribution is 2.25. The fourth-order valence-electron chi connectivity index (χ4n) is 1.27. The van der Waals surface area contributed by atoms with Gasteiger partial charge in [-0.05, 0) is 12.1 Å². The summed E-state index contributed by atoms with van der Waals surface area (Å²) in [6.45, 7) is 0.440. The maximum absolute atomic E-state index is 12.1. The zero-order valence-corrected chi connectivity index (χ0v) is 11.6. The summed E-state index contributed by atoms with van der Waals surface area (Å²) in [5.41, 5.74) is 5.69. The van der Waals surface area contributed by atoms with E-state index < -0.39 is 0 Å². The van der Waals surface area contributed by atoms with E-state index in [9.17, 15) is 4.79 Å². The molecule has 1 amide bonds. The number of rotatable bonds is 4. The van der Waals surface area contributed by atoms with Crippen LogP contribution in [0, 0.1) is 0 Å². The summed E-state index contributed by atoms with van der Waals surface area (Å²) in [5.74, 6) is -0.239. The number of carbonyl (C=O) groups excluding carboxylic acids is 1. The molecule has 1 aromatic rings. The van der Waals surface area contributed by atoms with E-state index in [1.54, 1.807) is 25.2 Å². The van der Waals surface area contributed by atoms with Crippen LogP contribution in [0.15, 0.2) is 18.2 Å². The van der Waals surface area contributed by atoms with Crippen LogP contribution in [0.1, 0.15) is 16.8 Å². The minimum atomic E-state index is -0.239. The topological polar surface area (TPSA) is 46.3 Å². The molecule has 0 fully saturated rings. The van der Waals surface area contributed by atoms with Crippen LogP contribution in [0.25, 0.3) is 0 Å². The maximum atomic E-state index is 12.1. The first-order valence-corrected chi connectivity index (χ1v) is 6.07. The summed E-state index contributed by atoms with van der Waals surface area (Å²) in [5, 5.41) is 0.675. The van der Waals surface area contributed by atoms with Crippen molar-refractivity contribution in [3.63, 3.8) is 0 Å². The molecule has 92 valence electrons. The van der Waals surface area contributed by atoms with Crippen LogP contribution >= 0.6 is 35.4 Å². The summed E-state index contributed by atoms with van der Waals surface area (Å²) >= 11 is 16.7. The highest BCUT2D eigenvalue weighted by molar-refractivity contribution is 7.80. The zero-order chi connectivity index (χ0) is 13.0. The predicted molar refractivity (Wildman–Crippen MR) is 74.8 cm³/mol. The van der Waals surface area contributed by atoms with Gasteiger partial charge in [0, 0.05) is 20.0 Å². The molecule has 0 saturated carbocycles. The Balaban J connectivity index is 2.85. The molecule has 1 aromatic carbocycles. The number of nitrogens with zero attached hydrogens (tertiary/aromatic N) is 1. The zero-order valence-electron chi connectivity index (χ0n) is 9.24. The van der Waals surface area contributed by atoms with Gasteiger partial charge in [-0.25, -0.2) is 0 Å². The summed E-state index contributed by atoms with van der Waals surface area (Å²) in [6, 6.07) is 4.95. The van der Waals surface area contributed by atoms with Gasteiger partial charge in [0.25, 0.3) is 5.91 Å². The Bertz CT molecular complexity index is 431. The van der Waals surface area contributed by atoms with E-state index in [2.05, 4.69) is 0 Å². The molecule has 0 aliphatic rings. The molecular weight excluding hydrogens is 279 g/mol. The average Bonchev–Trinajstić information content (AvgIpc) is 2.25. The van der Waals surface area contributed by atoms with Crippen molar-refractivity contribution in [2.45, 2.75) is 6.42 Å². The third-order valence-corrected chi connectivity index (χ3v) is 3.05. The Morgan fingerprint density at radius 2 is 1.94 bits per heavy atom. The highest BCUT2D eigenvalue weighted by atomic mass is 35.5. The Morgan fingerprint density at radius 1 is 1.41 bits per heavy atom. The molecular formula is C11H12Cl2N2OS. The number of nitrogens with two attached hydrogens (primary N) is 1. The third kappa shape index (κ3) is 3.84. The molecule has 2 N–H and O–H groups in total. The monoisotopic (exact) mass is 290 g/mol. The Morgan fingerprint density at radius 3 is 2.41 bits per heavy atom. The first kappa shape index (κ1) is 14.2. The lowest BCUT2D eigenvalue weighted by atomic mass is 10.2. The number of hydrogen-bond acceptors (Lipinski definition) is 2. The van der Waals surface area contributed by atoms with E-state index in [4.69, 9.17) is 41.2 Å². The van der Waals surface area contributed by atoms with Crippen molar-refractivity contribution in [1.29, 1.82) is 0 Å². The van der Waals surface area contributed by atoms with E-state index >= 15 is 0 Å². The number of hydrogen-bond donors (Lipinski definition) is 1. The molecule has 0 aliphatic carbocycles. The van der Waals surface area contributed by atoms with Crippen molar-refractivity contribution < 1.29 is 4.79 Å². The molecule has 0 saturated heterocycles. The van der Waals surface area contributed by atoms with Gasteiger partial charge in [0.1, 0.15) is 0 Å². The van der Waals surface area contributed by atoms with Crippen LogP contribution in [-0.2, 0) is 0 Å². The van der Waals surface area contributed by atoms with Gasteiger partial charge in [-0.15, -0.1) is 0 Å². The second-order valence-corrected chi connectivity index (χ2v) is 4.88. The van der Waals surface area contributed by atoms with E-state index in [1.807, 2.05) is 0 Å². The lowest BCUT2D eigenvalue weighted by molar-refractivity contribution is 0.0799. The van der Waals surface area contributed by atoms with Crippen LogP contribution in [0.4, 0.5) is 0 Å². The second-order valence-electron chi connectivity index (χ2n) is 3.54. The number of benzene rings is 1. The number of thiocarbonyl (C=S) groups is 1. The fourth-order valence-corrected chi connectivity index (χ4v) is 1.92. The van der Waals surface area contributed by atoms with Crippen LogP contribution in [0.2, 0.25) is 10.0 Å². The van der Waals surface area contributed by atoms with Gasteiger partial charge < -0.3 is 10.6 Å². The summed E-state index contributed by atoms with van der Waals surface area (Å²) in [4.78, 5) is 13.9. The van der Waals surface area contributed by atoms with Crippen molar-refractivity contribution in [2.75, 3.05) is 13.6 Å². The van der Waals surface area contributed by atoms with Crippen molar-refractivity contribution >= 4 is 46.3 Å². The van der Waals surface area contributed by atoms with Gasteiger partial charge >= 0.3 is 0 Å². The van der Waals surface area contributed by atoms with E-state index in [1.165, 1.54) is 4.90 Å². The smallest absolute Gasteiger partial charge is 0.256 e. The largest absolute Gasteiger partial charge is 0.393 e. The Hall–Kier alpha value is -0.840. The van der Waals surface area contributed by atoms with Crippen molar-refractivity contribution in [3.8, 4) is 0 Å². The van der Waals surface area contributed by atoms with Gasteiger partial charge in [0.2, 0.25) is 0 Å². The standard InChI is InChI=1S/C11H12Cl2N2OS/c1-15(6-5-9(14)17)11(16)10-7(12)3-2-4-8(10)13/h2-4H,5-6H2,1H3,(H2,14,17). The molecule has 0 bridgehead atoms. The molecule has 3 nitrogen and oxygen atoms in total. The predicted octanol–water partition coefficient (Wildman–Crippen LogP) is 2.74. The molecule has 1 rings (SSSR count). The van der Waals surface area contributed by atoms with Crippen molar-refractivity contribution in [3.05, 3.63) is 33.8 Å². The summed E-state index contributed by atoms with van der Waals surface area (Å²) < 4.78 is 0. The molecule has 17 heavy (non-hydrogen) atoms. The average molecular weight is 291 g/mol. The minimum Gasteiger partial charge on any atom is -0.393 e. The van der Waals surface area contributed by atoms with Crippen LogP contribution in [0.5, 0.6) is 0 Å². The van der Waals surface area contributed by atoms with Crippen LogP contribution < -0.4 is 5.73 Å². The summed E-state index contributed by atoms with van der Waals surface area (Å²) in [7, 11) is 1.65. The molecule has 0 radical (unpaired) electrons. The Kier molecular flexibility index (Phi) is 5.18. The first-order chi connectivity index (χ1) is 7.93. The molecule has 0 aliphatic heterocycles. The van der Waals surface area contributed by atoms with Gasteiger partial charge in [-0.2, -0.15) is 0 Å². The van der Waals surface area contributed by atoms with Crippen LogP contribution in [0.3, 0.4) is 0 Å². The quantitative estimate of drug-likeness (QED) is 0.868. The fraction of sp³-hybridized carbons (Fsp3) is 0.273. The molecule has 0 atom stereocenters. The summed E-state index contributed by atoms with van der Waals surface area (Å²) in [6.07, 6.45) is 0.472. The van der Waals surface area contributed by atoms with E-state index in [0.29, 0.717) is 33.6 Å². The molecule has 0 heterocycles. The molecule has 0 unspecified atom stereocenters. The van der Waals surface area contributed by atoms with Gasteiger partial charge in [-0.3, -0.25) is 4.79 Å². The molecule has 0 aromatic heterocycles. The number of carbonyl (C=O) groups is 1. The molecule has 6 heteroatoms. The van der Waals surface area contributed by atoms with E-state index in [0.717, 1.165) is 0 Å². The highest BCUT2D eigenvalue weighted by Gasteiger charge is 2.18. The minimum absolute atomic E-state index is 0.239. The Labute approximate surface area is 115 Å². The number of halogens is 2. The second kappa shape index (κ2) is 6.19. The lowest BCUT2D eigenvalue weighted by Gasteiger charge is -2.18.